The molecule has 1 aromatic heterocycles. The van der Waals surface area contributed by atoms with E-state index in [0.717, 1.165) is 5.69 Å². The van der Waals surface area contributed by atoms with Gasteiger partial charge in [-0.05, 0) is 13.0 Å². The van der Waals surface area contributed by atoms with Gasteiger partial charge >= 0.3 is 0 Å². The number of aliphatic imine (C=N–C) groups is 1. The van der Waals surface area contributed by atoms with E-state index in [0.29, 0.717) is 36.2 Å². The van der Waals surface area contributed by atoms with Crippen LogP contribution in [0, 0.1) is 0 Å². The van der Waals surface area contributed by atoms with Crippen molar-refractivity contribution in [1.82, 2.24) is 20.0 Å². The molecule has 2 heterocycles. The van der Waals surface area contributed by atoms with Crippen LogP contribution in [0.5, 0.6) is 0 Å². The predicted octanol–water partition coefficient (Wildman–Crippen LogP) is 2.04. The predicted molar refractivity (Wildman–Crippen MR) is 125 cm³/mol. The Bertz CT molecular complexity index is 859. The molecule has 0 aliphatic carbocycles. The van der Waals surface area contributed by atoms with Crippen LogP contribution < -0.4 is 10.2 Å². The van der Waals surface area contributed by atoms with Gasteiger partial charge in [-0.15, -0.1) is 24.0 Å². The van der Waals surface area contributed by atoms with Gasteiger partial charge in [-0.3, -0.25) is 14.5 Å². The van der Waals surface area contributed by atoms with E-state index in [9.17, 15) is 9.90 Å². The fourth-order valence-corrected chi connectivity index (χ4v) is 3.38. The number of guanidine groups is 1. The molecule has 0 radical (unpaired) electrons. The molecular weight excluding hydrogens is 507 g/mol. The van der Waals surface area contributed by atoms with Gasteiger partial charge < -0.3 is 20.2 Å². The summed E-state index contributed by atoms with van der Waals surface area (Å²) in [6.45, 7) is 4.18. The topological polar surface area (TPSA) is 86.0 Å². The van der Waals surface area contributed by atoms with Crippen LogP contribution in [-0.4, -0.2) is 64.4 Å². The van der Waals surface area contributed by atoms with Crippen molar-refractivity contribution in [3.63, 3.8) is 0 Å². The van der Waals surface area contributed by atoms with Crippen LogP contribution in [0.25, 0.3) is 0 Å². The lowest BCUT2D eigenvalue weighted by atomic mass is 10.1. The molecule has 10 heteroatoms. The quantitative estimate of drug-likeness (QED) is 0.350. The molecule has 1 amide bonds. The Morgan fingerprint density at radius 1 is 1.38 bits per heavy atom. The lowest BCUT2D eigenvalue weighted by Crippen LogP contribution is -2.55. The average Bonchev–Trinajstić information content (AvgIpc) is 3.11. The molecule has 158 valence electrons. The van der Waals surface area contributed by atoms with Crippen LogP contribution >= 0.6 is 35.6 Å². The van der Waals surface area contributed by atoms with Crippen molar-refractivity contribution in [1.29, 1.82) is 0 Å². The van der Waals surface area contributed by atoms with Crippen LogP contribution in [0.2, 0.25) is 5.02 Å². The number of amides is 1. The number of halogens is 2. The van der Waals surface area contributed by atoms with E-state index in [1.165, 1.54) is 0 Å². The summed E-state index contributed by atoms with van der Waals surface area (Å²) in [5.41, 5.74) is 1.43. The monoisotopic (exact) mass is 532 g/mol. The van der Waals surface area contributed by atoms with Crippen LogP contribution in [0.3, 0.4) is 0 Å². The number of aryl methyl sites for hydroxylation is 1. The van der Waals surface area contributed by atoms with E-state index < -0.39 is 6.10 Å². The summed E-state index contributed by atoms with van der Waals surface area (Å²) in [7, 11) is 1.82. The first-order valence-corrected chi connectivity index (χ1v) is 9.62. The summed E-state index contributed by atoms with van der Waals surface area (Å²) in [4.78, 5) is 20.8. The largest absolute Gasteiger partial charge is 0.386 e. The van der Waals surface area contributed by atoms with E-state index in [2.05, 4.69) is 15.4 Å². The van der Waals surface area contributed by atoms with Gasteiger partial charge in [-0.25, -0.2) is 0 Å². The van der Waals surface area contributed by atoms with Gasteiger partial charge in [-0.2, -0.15) is 5.10 Å². The molecule has 3 rings (SSSR count). The standard InChI is InChI=1S/C19H25ClN6O2.HI/c1-3-21-19(22-11-17(27)15-6-4-5-7-16(15)20)25-8-9-26(18(28)13-25)14-10-23-24(2)12-14;/h4-7,10,12,17,27H,3,8-9,11,13H2,1-2H3,(H,21,22);1H. The SMILES string of the molecule is CCNC(=NCC(O)c1ccccc1Cl)N1CCN(c2cnn(C)c2)C(=O)C1.I. The second-order valence-corrected chi connectivity index (χ2v) is 6.98. The van der Waals surface area contributed by atoms with Crippen LogP contribution in [0.15, 0.2) is 41.7 Å². The highest BCUT2D eigenvalue weighted by Crippen LogP contribution is 2.23. The van der Waals surface area contributed by atoms with Crippen LogP contribution in [0.4, 0.5) is 5.69 Å². The summed E-state index contributed by atoms with van der Waals surface area (Å²) in [5.74, 6) is 0.587. The summed E-state index contributed by atoms with van der Waals surface area (Å²) < 4.78 is 1.68. The fraction of sp³-hybridized carbons (Fsp3) is 0.421. The zero-order valence-electron chi connectivity index (χ0n) is 16.5. The zero-order chi connectivity index (χ0) is 20.1. The smallest absolute Gasteiger partial charge is 0.246 e. The van der Waals surface area contributed by atoms with E-state index in [-0.39, 0.29) is 43.0 Å². The van der Waals surface area contributed by atoms with Gasteiger partial charge in [0.05, 0.1) is 18.4 Å². The van der Waals surface area contributed by atoms with Gasteiger partial charge in [0.2, 0.25) is 5.91 Å². The summed E-state index contributed by atoms with van der Waals surface area (Å²) in [5, 5.41) is 18.3. The molecule has 1 aromatic carbocycles. The van der Waals surface area contributed by atoms with Crippen molar-refractivity contribution >= 4 is 53.1 Å². The third-order valence-electron chi connectivity index (χ3n) is 4.54. The summed E-state index contributed by atoms with van der Waals surface area (Å²) in [6, 6.07) is 7.17. The zero-order valence-corrected chi connectivity index (χ0v) is 19.5. The van der Waals surface area contributed by atoms with Crippen molar-refractivity contribution in [2.75, 3.05) is 37.6 Å². The minimum absolute atomic E-state index is 0. The number of hydrogen-bond donors (Lipinski definition) is 2. The molecule has 0 bridgehead atoms. The number of aliphatic hydroxyl groups is 1. The van der Waals surface area contributed by atoms with E-state index in [1.54, 1.807) is 27.9 Å². The number of rotatable bonds is 5. The maximum Gasteiger partial charge on any atom is 0.246 e. The van der Waals surface area contributed by atoms with Crippen molar-refractivity contribution in [2.24, 2.45) is 12.0 Å². The number of aliphatic hydroxyl groups excluding tert-OH is 1. The third-order valence-corrected chi connectivity index (χ3v) is 4.88. The Labute approximate surface area is 192 Å². The lowest BCUT2D eigenvalue weighted by Gasteiger charge is -2.35. The van der Waals surface area contributed by atoms with Crippen molar-refractivity contribution in [3.8, 4) is 0 Å². The van der Waals surface area contributed by atoms with Crippen LogP contribution in [-0.2, 0) is 11.8 Å². The molecule has 0 spiro atoms. The third kappa shape index (κ3) is 5.83. The Morgan fingerprint density at radius 2 is 2.14 bits per heavy atom. The molecule has 1 saturated heterocycles. The van der Waals surface area contributed by atoms with Crippen molar-refractivity contribution in [2.45, 2.75) is 13.0 Å². The molecule has 29 heavy (non-hydrogen) atoms. The minimum atomic E-state index is -0.810. The van der Waals surface area contributed by atoms with Gasteiger partial charge in [0.25, 0.3) is 0 Å². The highest BCUT2D eigenvalue weighted by Gasteiger charge is 2.27. The minimum Gasteiger partial charge on any atom is -0.386 e. The summed E-state index contributed by atoms with van der Waals surface area (Å²) in [6.07, 6.45) is 2.70. The Balaban J connectivity index is 0.00000300. The molecular formula is C19H26ClIN6O2. The molecule has 0 saturated carbocycles. The van der Waals surface area contributed by atoms with E-state index in [1.807, 2.05) is 37.2 Å². The number of carbonyl (C=O) groups is 1. The van der Waals surface area contributed by atoms with E-state index >= 15 is 0 Å². The summed E-state index contributed by atoms with van der Waals surface area (Å²) >= 11 is 6.15. The number of nitrogens with zero attached hydrogens (tertiary/aromatic N) is 5. The van der Waals surface area contributed by atoms with Gasteiger partial charge in [0.1, 0.15) is 12.6 Å². The molecule has 2 N–H and O–H groups in total. The van der Waals surface area contributed by atoms with Gasteiger partial charge in [0, 0.05) is 43.5 Å². The number of aromatic nitrogens is 2. The molecule has 2 aromatic rings. The molecule has 8 nitrogen and oxygen atoms in total. The average molecular weight is 533 g/mol. The molecule has 1 atom stereocenters. The van der Waals surface area contributed by atoms with Crippen molar-refractivity contribution < 1.29 is 9.90 Å². The number of carbonyl (C=O) groups excluding carboxylic acids is 1. The highest BCUT2D eigenvalue weighted by molar-refractivity contribution is 14.0. The Kier molecular flexibility index (Phi) is 8.72. The van der Waals surface area contributed by atoms with Gasteiger partial charge in [0.15, 0.2) is 5.96 Å². The highest BCUT2D eigenvalue weighted by atomic mass is 127. The first-order chi connectivity index (χ1) is 13.5. The van der Waals surface area contributed by atoms with E-state index in [4.69, 9.17) is 11.6 Å². The first-order valence-electron chi connectivity index (χ1n) is 9.24. The molecule has 1 aliphatic rings. The molecule has 1 fully saturated rings. The maximum absolute atomic E-state index is 12.6. The number of piperazine rings is 1. The lowest BCUT2D eigenvalue weighted by molar-refractivity contribution is -0.120. The number of hydrogen-bond acceptors (Lipinski definition) is 4. The molecule has 1 aliphatic heterocycles. The number of nitrogens with one attached hydrogen (secondary N) is 1. The maximum atomic E-state index is 12.6. The Hall–Kier alpha value is -1.85. The normalized spacial score (nSPS) is 15.9. The Morgan fingerprint density at radius 3 is 2.76 bits per heavy atom. The second-order valence-electron chi connectivity index (χ2n) is 6.57. The number of anilines is 1. The second kappa shape index (κ2) is 10.8. The fourth-order valence-electron chi connectivity index (χ4n) is 3.12. The molecule has 1 unspecified atom stereocenters. The van der Waals surface area contributed by atoms with Crippen LogP contribution in [0.1, 0.15) is 18.6 Å². The van der Waals surface area contributed by atoms with Crippen molar-refractivity contribution in [3.05, 3.63) is 47.2 Å². The number of benzene rings is 1. The first kappa shape index (κ1) is 23.4. The van der Waals surface area contributed by atoms with Gasteiger partial charge in [-0.1, -0.05) is 29.8 Å².